The highest BCUT2D eigenvalue weighted by Gasteiger charge is 2.29. The molecule has 1 saturated carbocycles. The number of nitrogens with one attached hydrogen (secondary N) is 2. The monoisotopic (exact) mass is 260 g/mol. The van der Waals surface area contributed by atoms with Crippen LogP contribution in [0.1, 0.15) is 49.3 Å². The van der Waals surface area contributed by atoms with Crippen molar-refractivity contribution in [1.29, 1.82) is 5.26 Å². The normalized spacial score (nSPS) is 24.1. The molecule has 3 atom stereocenters. The summed E-state index contributed by atoms with van der Waals surface area (Å²) < 4.78 is 0. The predicted octanol–water partition coefficient (Wildman–Crippen LogP) is 1.73. The summed E-state index contributed by atoms with van der Waals surface area (Å²) in [5.74, 6) is 0.689. The lowest BCUT2D eigenvalue weighted by molar-refractivity contribution is 0.414. The van der Waals surface area contributed by atoms with Gasteiger partial charge in [0.25, 0.3) is 5.56 Å². The van der Waals surface area contributed by atoms with E-state index in [2.05, 4.69) is 21.4 Å². The fourth-order valence-electron chi connectivity index (χ4n) is 2.96. The van der Waals surface area contributed by atoms with Crippen LogP contribution in [0.5, 0.6) is 0 Å². The van der Waals surface area contributed by atoms with Crippen molar-refractivity contribution in [1.82, 2.24) is 15.3 Å². The zero-order chi connectivity index (χ0) is 14.0. The molecule has 5 heteroatoms. The first-order valence-corrected chi connectivity index (χ1v) is 6.76. The van der Waals surface area contributed by atoms with E-state index in [1.54, 1.807) is 6.92 Å². The summed E-state index contributed by atoms with van der Waals surface area (Å²) in [6.07, 6.45) is 3.02. The van der Waals surface area contributed by atoms with Crippen molar-refractivity contribution in [3.63, 3.8) is 0 Å². The Hall–Kier alpha value is -1.67. The Morgan fingerprint density at radius 1 is 1.47 bits per heavy atom. The molecule has 0 amide bonds. The van der Waals surface area contributed by atoms with Crippen LogP contribution in [-0.2, 0) is 0 Å². The molecule has 0 radical (unpaired) electrons. The second-order valence-corrected chi connectivity index (χ2v) is 5.31. The van der Waals surface area contributed by atoms with Crippen molar-refractivity contribution in [3.8, 4) is 6.07 Å². The van der Waals surface area contributed by atoms with Gasteiger partial charge in [-0.2, -0.15) is 5.26 Å². The third-order valence-corrected chi connectivity index (χ3v) is 3.84. The second kappa shape index (κ2) is 5.54. The van der Waals surface area contributed by atoms with Gasteiger partial charge >= 0.3 is 0 Å². The molecule has 19 heavy (non-hydrogen) atoms. The van der Waals surface area contributed by atoms with Crippen LogP contribution < -0.4 is 10.9 Å². The number of aromatic nitrogens is 2. The van der Waals surface area contributed by atoms with Crippen LogP contribution in [0.3, 0.4) is 0 Å². The van der Waals surface area contributed by atoms with Gasteiger partial charge in [-0.1, -0.05) is 6.42 Å². The van der Waals surface area contributed by atoms with Gasteiger partial charge in [-0.3, -0.25) is 4.79 Å². The van der Waals surface area contributed by atoms with Crippen molar-refractivity contribution in [3.05, 3.63) is 27.4 Å². The van der Waals surface area contributed by atoms with Crippen LogP contribution in [0.2, 0.25) is 0 Å². The highest BCUT2D eigenvalue weighted by molar-refractivity contribution is 5.20. The van der Waals surface area contributed by atoms with E-state index in [-0.39, 0.29) is 23.6 Å². The lowest BCUT2D eigenvalue weighted by Gasteiger charge is -2.22. The Balaban J connectivity index is 2.19. The minimum Gasteiger partial charge on any atom is -0.310 e. The molecule has 0 spiro atoms. The molecule has 5 nitrogen and oxygen atoms in total. The number of H-pyrrole nitrogens is 1. The molecule has 1 aromatic heterocycles. The molecule has 102 valence electrons. The molecule has 2 rings (SSSR count). The van der Waals surface area contributed by atoms with Gasteiger partial charge in [-0.25, -0.2) is 4.98 Å². The Bertz CT molecular complexity index is 558. The van der Waals surface area contributed by atoms with E-state index in [9.17, 15) is 4.79 Å². The van der Waals surface area contributed by atoms with E-state index in [1.807, 2.05) is 13.8 Å². The van der Waals surface area contributed by atoms with E-state index >= 15 is 0 Å². The standard InChI is InChI=1S/C14H20N4O/c1-8-13(14(19)18-10(3)16-8)9(2)17-12-6-4-5-11(12)7-15/h9,11-12,17H,4-6H2,1-3H3,(H,16,18,19). The maximum Gasteiger partial charge on any atom is 0.255 e. The quantitative estimate of drug-likeness (QED) is 0.867. The van der Waals surface area contributed by atoms with Gasteiger partial charge in [-0.05, 0) is 33.6 Å². The number of hydrogen-bond donors (Lipinski definition) is 2. The van der Waals surface area contributed by atoms with Crippen LogP contribution in [0.15, 0.2) is 4.79 Å². The minimum absolute atomic E-state index is 0.0558. The zero-order valence-corrected chi connectivity index (χ0v) is 11.7. The Labute approximate surface area is 113 Å². The van der Waals surface area contributed by atoms with Crippen LogP contribution >= 0.6 is 0 Å². The summed E-state index contributed by atoms with van der Waals surface area (Å²) in [6, 6.07) is 2.44. The Morgan fingerprint density at radius 3 is 2.84 bits per heavy atom. The van der Waals surface area contributed by atoms with Gasteiger partial charge in [0.15, 0.2) is 0 Å². The zero-order valence-electron chi connectivity index (χ0n) is 11.7. The number of nitriles is 1. The van der Waals surface area contributed by atoms with E-state index in [0.717, 1.165) is 25.0 Å². The lowest BCUT2D eigenvalue weighted by Crippen LogP contribution is -2.37. The number of aromatic amines is 1. The summed E-state index contributed by atoms with van der Waals surface area (Å²) in [4.78, 5) is 19.1. The summed E-state index contributed by atoms with van der Waals surface area (Å²) in [6.45, 7) is 5.59. The maximum absolute atomic E-state index is 12.0. The molecule has 1 aromatic rings. The number of nitrogens with zero attached hydrogens (tertiary/aromatic N) is 2. The molecule has 0 aliphatic heterocycles. The molecule has 1 heterocycles. The van der Waals surface area contributed by atoms with Crippen molar-refractivity contribution >= 4 is 0 Å². The summed E-state index contributed by atoms with van der Waals surface area (Å²) >= 11 is 0. The first-order chi connectivity index (χ1) is 9.02. The van der Waals surface area contributed by atoms with E-state index < -0.39 is 0 Å². The third kappa shape index (κ3) is 2.85. The molecule has 1 aliphatic rings. The largest absolute Gasteiger partial charge is 0.310 e. The lowest BCUT2D eigenvalue weighted by atomic mass is 10.0. The summed E-state index contributed by atoms with van der Waals surface area (Å²) in [7, 11) is 0. The molecule has 1 fully saturated rings. The highest BCUT2D eigenvalue weighted by Crippen LogP contribution is 2.27. The van der Waals surface area contributed by atoms with Gasteiger partial charge in [0.05, 0.1) is 17.6 Å². The SMILES string of the molecule is Cc1nc(C)c(C(C)NC2CCCC2C#N)c(=O)[nH]1. The maximum atomic E-state index is 12.0. The van der Waals surface area contributed by atoms with E-state index in [4.69, 9.17) is 5.26 Å². The van der Waals surface area contributed by atoms with Gasteiger partial charge < -0.3 is 10.3 Å². The van der Waals surface area contributed by atoms with Crippen LogP contribution in [0.4, 0.5) is 0 Å². The van der Waals surface area contributed by atoms with Gasteiger partial charge in [-0.15, -0.1) is 0 Å². The number of aryl methyl sites for hydroxylation is 2. The summed E-state index contributed by atoms with van der Waals surface area (Å²) in [5.41, 5.74) is 1.35. The smallest absolute Gasteiger partial charge is 0.255 e. The molecule has 3 unspecified atom stereocenters. The molecular weight excluding hydrogens is 240 g/mol. The molecule has 2 N–H and O–H groups in total. The Morgan fingerprint density at radius 2 is 2.21 bits per heavy atom. The average molecular weight is 260 g/mol. The predicted molar refractivity (Wildman–Crippen MR) is 72.6 cm³/mol. The first-order valence-electron chi connectivity index (χ1n) is 6.76. The van der Waals surface area contributed by atoms with Crippen LogP contribution in [0.25, 0.3) is 0 Å². The molecular formula is C14H20N4O. The molecule has 0 bridgehead atoms. The van der Waals surface area contributed by atoms with Crippen molar-refractivity contribution in [2.24, 2.45) is 5.92 Å². The van der Waals surface area contributed by atoms with E-state index in [0.29, 0.717) is 11.4 Å². The molecule has 0 saturated heterocycles. The number of rotatable bonds is 3. The van der Waals surface area contributed by atoms with E-state index in [1.165, 1.54) is 0 Å². The van der Waals surface area contributed by atoms with Crippen molar-refractivity contribution in [2.75, 3.05) is 0 Å². The highest BCUT2D eigenvalue weighted by atomic mass is 16.1. The fraction of sp³-hybridized carbons (Fsp3) is 0.643. The van der Waals surface area contributed by atoms with Gasteiger partial charge in [0.2, 0.25) is 0 Å². The third-order valence-electron chi connectivity index (χ3n) is 3.84. The second-order valence-electron chi connectivity index (χ2n) is 5.31. The van der Waals surface area contributed by atoms with Gasteiger partial charge in [0.1, 0.15) is 5.82 Å². The van der Waals surface area contributed by atoms with Crippen molar-refractivity contribution in [2.45, 2.75) is 52.1 Å². The van der Waals surface area contributed by atoms with Crippen LogP contribution in [0, 0.1) is 31.1 Å². The fourth-order valence-corrected chi connectivity index (χ4v) is 2.96. The first kappa shape index (κ1) is 13.8. The van der Waals surface area contributed by atoms with Gasteiger partial charge in [0, 0.05) is 17.8 Å². The average Bonchev–Trinajstić information content (AvgIpc) is 2.74. The minimum atomic E-state index is -0.0872. The molecule has 1 aliphatic carbocycles. The topological polar surface area (TPSA) is 81.6 Å². The summed E-state index contributed by atoms with van der Waals surface area (Å²) in [5, 5.41) is 12.5. The van der Waals surface area contributed by atoms with Crippen molar-refractivity contribution < 1.29 is 0 Å². The van der Waals surface area contributed by atoms with Crippen LogP contribution in [-0.4, -0.2) is 16.0 Å². The number of hydrogen-bond acceptors (Lipinski definition) is 4. The Kier molecular flexibility index (Phi) is 4.01. The molecule has 0 aromatic carbocycles.